The van der Waals surface area contributed by atoms with Gasteiger partial charge >= 0.3 is 0 Å². The minimum atomic E-state index is -2.43. The van der Waals surface area contributed by atoms with Crippen LogP contribution in [0.4, 0.5) is 0 Å². The van der Waals surface area contributed by atoms with E-state index < -0.39 is 265 Å². The third-order valence-corrected chi connectivity index (χ3v) is 24.5. The van der Waals surface area contributed by atoms with Crippen LogP contribution in [0.1, 0.15) is 153 Å². The first kappa shape index (κ1) is 99.5. The summed E-state index contributed by atoms with van der Waals surface area (Å²) in [5.74, 6) is -16.1. The zero-order valence-electron chi connectivity index (χ0n) is 74.4. The van der Waals surface area contributed by atoms with E-state index in [1.807, 2.05) is 23.9 Å². The van der Waals surface area contributed by atoms with Crippen LogP contribution in [-0.2, 0) is 59.0 Å². The van der Waals surface area contributed by atoms with Crippen molar-refractivity contribution in [3.8, 4) is 80.1 Å². The molecule has 17 bridgehead atoms. The molecule has 7 aromatic carbocycles. The Bertz CT molecular complexity index is 5480. The van der Waals surface area contributed by atoms with Crippen LogP contribution < -0.4 is 76.9 Å². The van der Waals surface area contributed by atoms with Gasteiger partial charge in [-0.15, -0.1) is 0 Å². The maximum atomic E-state index is 17.0. The number of benzene rings is 7. The third kappa shape index (κ3) is 23.3. The highest BCUT2D eigenvalue weighted by molar-refractivity contribution is 6.33. The molecule has 8 aliphatic heterocycles. The van der Waals surface area contributed by atoms with Crippen molar-refractivity contribution in [2.45, 2.75) is 194 Å². The molecular formula is C93H112Cl2N12O27. The highest BCUT2D eigenvalue weighted by atomic mass is 35.5. The van der Waals surface area contributed by atoms with Crippen molar-refractivity contribution in [3.05, 3.63) is 164 Å². The van der Waals surface area contributed by atoms with E-state index in [0.717, 1.165) is 92.8 Å². The predicted octanol–water partition coefficient (Wildman–Crippen LogP) is 4.15. The molecule has 0 radical (unpaired) electrons. The lowest BCUT2D eigenvalue weighted by molar-refractivity contribution is -0.277. The number of carbonyl (C=O) groups excluding carboxylic acids is 9. The smallest absolute Gasteiger partial charge is 0.252 e. The number of unbranched alkanes of at least 4 members (excludes halogenated alkanes) is 5. The highest BCUT2D eigenvalue weighted by Gasteiger charge is 2.52. The Kier molecular flexibility index (Phi) is 32.7. The number of ether oxygens (including phenoxy) is 7. The van der Waals surface area contributed by atoms with Crippen molar-refractivity contribution in [3.63, 3.8) is 0 Å². The fourth-order valence-corrected chi connectivity index (χ4v) is 17.1. The molecule has 39 nitrogen and oxygen atoms in total. The van der Waals surface area contributed by atoms with Crippen LogP contribution in [0.3, 0.4) is 0 Å². The normalized spacial score (nSPS) is 25.2. The number of amides is 9. The first-order valence-electron chi connectivity index (χ1n) is 44.1. The zero-order valence-corrected chi connectivity index (χ0v) is 75.9. The molecule has 0 unspecified atom stereocenters. The number of phenolic OH excluding ortho intramolecular Hbond substituents is 4. The molecule has 720 valence electrons. The molecular weight excluding hydrogens is 1790 g/mol. The standard InChI is InChI=1S/C93H112Cl2N12O27/c1-43(2)16-12-10-8-9-11-13-17-66(113)100-75-78(116)80(118)83(91(127)98-29-15-31-107(6)7)134-92(75)133-82-63-36-48-37-64(82)130-60-27-22-47(34-55(60)94)76(114)74-90(126)104-72(85(121)97-28-14-30-106(4)5)53-38-49(109)39-62(131-93-81(119)79(117)77(115)65(42-108)132-93)67(53)52-33-45(20-25-57(52)110)70(87(123)105-74)101-88(124)71(48)102-89(125)73-54-40-51(41-59(112)68(54)95)129-61-35-46(21-26-58(61)111)69(96-3)86(122)99-56(84(120)103-73)32-44-18-23-50(128-63)24-19-44/h18-27,33-41,43,56,65,69-81,83,92-93,96,108-112,114-119H,8-17,28-32,42H2,1-7H3,(H,97,121)(H,98,127)(H,99,122)(H,100,113)(H,101,124)(H,102,125)(H,103,120)(H,104,126)(H,105,123)/t56-,65-,69-,70-,71-,72+,73+,74+,75-,76-,77-,78-,79+,80+,81+,83+,92-,93+/m1/s1. The fraction of sp³-hybridized carbons (Fsp3) is 0.452. The van der Waals surface area contributed by atoms with Gasteiger partial charge in [0.15, 0.2) is 29.1 Å². The summed E-state index contributed by atoms with van der Waals surface area (Å²) in [6.07, 6.45) is -14.5. The lowest BCUT2D eigenvalue weighted by Gasteiger charge is -2.42. The Morgan fingerprint density at radius 3 is 1.82 bits per heavy atom. The number of phenols is 4. The van der Waals surface area contributed by atoms with E-state index in [9.17, 15) is 70.6 Å². The Morgan fingerprint density at radius 1 is 0.522 bits per heavy atom. The fourth-order valence-electron chi connectivity index (χ4n) is 16.6. The number of hydrogen-bond acceptors (Lipinski definition) is 30. The van der Waals surface area contributed by atoms with E-state index in [2.05, 4.69) is 67.0 Å². The number of fused-ring (bicyclic) bond motifs is 14. The van der Waals surface area contributed by atoms with Crippen LogP contribution in [0, 0.1) is 5.92 Å². The number of nitrogens with zero attached hydrogens (tertiary/aromatic N) is 2. The Labute approximate surface area is 780 Å². The topological polar surface area (TPSA) is 568 Å². The molecule has 8 aliphatic rings. The predicted molar refractivity (Wildman–Crippen MR) is 481 cm³/mol. The number of aliphatic hydroxyl groups excluding tert-OH is 7. The summed E-state index contributed by atoms with van der Waals surface area (Å²) in [6, 6.07) is 6.31. The number of hydrogen-bond donors (Lipinski definition) is 21. The van der Waals surface area contributed by atoms with Gasteiger partial charge in [0.05, 0.1) is 16.7 Å². The molecule has 9 amide bonds. The third-order valence-electron chi connectivity index (χ3n) is 23.8. The molecule has 7 aromatic rings. The maximum Gasteiger partial charge on any atom is 0.252 e. The number of aliphatic hydroxyl groups is 7. The summed E-state index contributed by atoms with van der Waals surface area (Å²) in [5.41, 5.74) is -2.53. The summed E-state index contributed by atoms with van der Waals surface area (Å²) >= 11 is 14.4. The minimum absolute atomic E-state index is 0.0387. The van der Waals surface area contributed by atoms with Crippen molar-refractivity contribution >= 4 is 76.4 Å². The summed E-state index contributed by atoms with van der Waals surface area (Å²) in [6.45, 7) is 4.20. The Hall–Kier alpha value is -11.9. The van der Waals surface area contributed by atoms with Gasteiger partial charge in [-0.25, -0.2) is 0 Å². The number of aromatic hydroxyl groups is 4. The largest absolute Gasteiger partial charge is 0.508 e. The molecule has 0 saturated carbocycles. The van der Waals surface area contributed by atoms with Crippen molar-refractivity contribution in [2.75, 3.05) is 68.0 Å². The average Bonchev–Trinajstić information content (AvgIpc) is 0.755. The van der Waals surface area contributed by atoms with Crippen molar-refractivity contribution < 1.29 is 132 Å². The molecule has 0 aromatic heterocycles. The van der Waals surface area contributed by atoms with Crippen LogP contribution >= 0.6 is 23.2 Å². The molecule has 0 spiro atoms. The first-order valence-corrected chi connectivity index (χ1v) is 44.8. The first-order chi connectivity index (χ1) is 63.9. The maximum absolute atomic E-state index is 17.0. The lowest BCUT2D eigenvalue weighted by atomic mass is 9.89. The van der Waals surface area contributed by atoms with Gasteiger partial charge in [0.1, 0.15) is 131 Å². The minimum Gasteiger partial charge on any atom is -0.508 e. The van der Waals surface area contributed by atoms with Gasteiger partial charge < -0.3 is 152 Å². The van der Waals surface area contributed by atoms with Gasteiger partial charge in [0.25, 0.3) is 5.91 Å². The molecule has 2 fully saturated rings. The Morgan fingerprint density at radius 2 is 1.14 bits per heavy atom. The van der Waals surface area contributed by atoms with Gasteiger partial charge in [-0.05, 0) is 180 Å². The number of nitrogens with one attached hydrogen (secondary N) is 10. The van der Waals surface area contributed by atoms with E-state index in [0.29, 0.717) is 50.3 Å². The van der Waals surface area contributed by atoms with Crippen molar-refractivity contribution in [2.24, 2.45) is 5.92 Å². The van der Waals surface area contributed by atoms with Crippen LogP contribution in [-0.4, -0.2) is 261 Å². The molecule has 134 heavy (non-hydrogen) atoms. The van der Waals surface area contributed by atoms with E-state index in [-0.39, 0.29) is 53.6 Å². The SMILES string of the molecule is CN[C@H]1C(=O)N[C@@H]2Cc3ccc(cc3)Oc3cc4cc(c3O[C@@H]3O[C@H](C(=O)NCCCN(C)C)[C@@H](O)[C@H](O)[C@H]3NC(=O)CCCCCCCCC(C)C)Oc3ccc(cc3Cl)[C@@H](O)[C@@H]3NC(=O)[C@H](NC(=O)[C@@H]4NC(=O)[C@@H](NC2=O)c2cc(cc(O)c2Cl)Oc2cc1ccc2O)c1ccc(O)c(c1)-c1c(O[C@H]2O[C@H](CO)[C@@H](O)[C@H](O)[C@@H]2O)cc(O)cc1[C@@H](C(=O)NCCCN(C)C)NC3=O. The number of halogens is 2. The second-order valence-corrected chi connectivity index (χ2v) is 35.6. The van der Waals surface area contributed by atoms with Gasteiger partial charge in [0, 0.05) is 54.8 Å². The second-order valence-electron chi connectivity index (χ2n) is 34.8. The number of rotatable bonds is 26. The van der Waals surface area contributed by atoms with E-state index in [4.69, 9.17) is 56.4 Å². The molecule has 18 atom stereocenters. The Balaban J connectivity index is 1.05. The lowest BCUT2D eigenvalue weighted by Crippen LogP contribution is -2.67. The van der Waals surface area contributed by atoms with Gasteiger partial charge in [-0.1, -0.05) is 106 Å². The highest BCUT2D eigenvalue weighted by Crippen LogP contribution is 2.51. The summed E-state index contributed by atoms with van der Waals surface area (Å²) in [7, 11) is 8.62. The van der Waals surface area contributed by atoms with Crippen molar-refractivity contribution in [1.29, 1.82) is 0 Å². The van der Waals surface area contributed by atoms with Crippen LogP contribution in [0.15, 0.2) is 115 Å². The molecule has 2 saturated heterocycles. The van der Waals surface area contributed by atoms with E-state index in [1.165, 1.54) is 61.6 Å². The van der Waals surface area contributed by atoms with Gasteiger partial charge in [-0.3, -0.25) is 43.2 Å². The van der Waals surface area contributed by atoms with Gasteiger partial charge in [0.2, 0.25) is 65.6 Å². The van der Waals surface area contributed by atoms with Gasteiger partial charge in [-0.2, -0.15) is 0 Å². The quantitative estimate of drug-likeness (QED) is 0.0339. The molecule has 0 aliphatic carbocycles. The number of likely N-dealkylation sites (N-methyl/N-ethyl adjacent to an activating group) is 1. The molecule has 15 rings (SSSR count). The molecule has 8 heterocycles. The van der Waals surface area contributed by atoms with E-state index >= 15 is 28.8 Å². The van der Waals surface area contributed by atoms with E-state index in [1.54, 1.807) is 14.1 Å². The van der Waals surface area contributed by atoms with Crippen LogP contribution in [0.2, 0.25) is 10.0 Å². The molecule has 41 heteroatoms. The van der Waals surface area contributed by atoms with Crippen LogP contribution in [0.5, 0.6) is 69.0 Å². The summed E-state index contributed by atoms with van der Waals surface area (Å²) < 4.78 is 45.5. The molecule has 21 N–H and O–H groups in total. The monoisotopic (exact) mass is 1900 g/mol. The van der Waals surface area contributed by atoms with Crippen LogP contribution in [0.25, 0.3) is 11.1 Å². The zero-order chi connectivity index (χ0) is 96.4. The summed E-state index contributed by atoms with van der Waals surface area (Å²) in [4.78, 5) is 144. The summed E-state index contributed by atoms with van der Waals surface area (Å²) in [5, 5.41) is 155. The number of carbonyl (C=O) groups is 9. The second kappa shape index (κ2) is 44.0. The average molecular weight is 1900 g/mol. The van der Waals surface area contributed by atoms with Crippen molar-refractivity contribution in [1.82, 2.24) is 63.0 Å².